The number of hydrogen-bond acceptors (Lipinski definition) is 3. The third kappa shape index (κ3) is 4.12. The maximum absolute atomic E-state index is 9.17. The van der Waals surface area contributed by atoms with Gasteiger partial charge in [-0.25, -0.2) is 0 Å². The molecule has 130 valence electrons. The van der Waals surface area contributed by atoms with Crippen LogP contribution in [0.25, 0.3) is 0 Å². The molecule has 0 amide bonds. The molecule has 0 aliphatic rings. The largest absolute Gasteiger partial charge is 0.406 e. The summed E-state index contributed by atoms with van der Waals surface area (Å²) in [5.41, 5.74) is 0. The van der Waals surface area contributed by atoms with Crippen molar-refractivity contribution in [1.82, 2.24) is 0 Å². The lowest BCUT2D eigenvalue weighted by molar-refractivity contribution is 0.252. The molecule has 2 aromatic rings. The lowest BCUT2D eigenvalue weighted by atomic mass is 10.2. The monoisotopic (exact) mass is 360 g/mol. The zero-order valence-corrected chi connectivity index (χ0v) is 16.7. The van der Waals surface area contributed by atoms with Crippen LogP contribution in [-0.4, -0.2) is 31.9 Å². The van der Waals surface area contributed by atoms with Crippen LogP contribution in [0.1, 0.15) is 27.2 Å². The fraction of sp³-hybridized carbons (Fsp3) is 0.400. The van der Waals surface area contributed by atoms with Crippen LogP contribution in [0, 0.1) is 0 Å². The fourth-order valence-electron chi connectivity index (χ4n) is 3.22. The van der Waals surface area contributed by atoms with E-state index < -0.39 is 8.32 Å². The van der Waals surface area contributed by atoms with Crippen LogP contribution in [-0.2, 0) is 4.43 Å². The van der Waals surface area contributed by atoms with Crippen molar-refractivity contribution in [1.29, 1.82) is 0 Å². The van der Waals surface area contributed by atoms with E-state index in [9.17, 15) is 0 Å². The van der Waals surface area contributed by atoms with Crippen LogP contribution in [0.2, 0.25) is 5.04 Å². The summed E-state index contributed by atoms with van der Waals surface area (Å²) in [5, 5.41) is 11.7. The van der Waals surface area contributed by atoms with E-state index in [0.717, 1.165) is 0 Å². The molecule has 0 aliphatic heterocycles. The van der Waals surface area contributed by atoms with Crippen LogP contribution in [0.15, 0.2) is 60.7 Å². The molecular formula is C20H28O2SSi. The Morgan fingerprint density at radius 2 is 1.42 bits per heavy atom. The van der Waals surface area contributed by atoms with Gasteiger partial charge in [0.25, 0.3) is 8.32 Å². The van der Waals surface area contributed by atoms with Crippen molar-refractivity contribution in [3.63, 3.8) is 0 Å². The van der Waals surface area contributed by atoms with Crippen molar-refractivity contribution < 1.29 is 9.53 Å². The number of rotatable bonds is 7. The van der Waals surface area contributed by atoms with Crippen molar-refractivity contribution in [3.8, 4) is 0 Å². The van der Waals surface area contributed by atoms with E-state index in [4.69, 9.17) is 9.53 Å². The molecule has 0 spiro atoms. The summed E-state index contributed by atoms with van der Waals surface area (Å²) in [6.45, 7) is 7.46. The first-order valence-electron chi connectivity index (χ1n) is 8.46. The second kappa shape index (κ2) is 8.34. The standard InChI is InChI=1S/C20H28O2SSi/c1-20(2,3)24(18-10-6-4-7-11-18,19-12-8-5-9-13-19)22-16-17(23)14-15-21/h4-13,17,21,23H,14-16H2,1-3H3. The number of thiol groups is 1. The minimum absolute atomic E-state index is 0.0254. The van der Waals surface area contributed by atoms with E-state index in [1.807, 2.05) is 12.1 Å². The number of aliphatic hydroxyl groups is 1. The third-order valence-electron chi connectivity index (χ3n) is 4.37. The Morgan fingerprint density at radius 3 is 1.79 bits per heavy atom. The van der Waals surface area contributed by atoms with E-state index in [1.165, 1.54) is 10.4 Å². The van der Waals surface area contributed by atoms with Crippen molar-refractivity contribution in [2.75, 3.05) is 13.2 Å². The molecule has 2 rings (SSSR count). The lowest BCUT2D eigenvalue weighted by Gasteiger charge is -2.43. The van der Waals surface area contributed by atoms with Crippen molar-refractivity contribution in [2.24, 2.45) is 0 Å². The Kier molecular flexibility index (Phi) is 6.69. The molecule has 2 nitrogen and oxygen atoms in total. The summed E-state index contributed by atoms with van der Waals surface area (Å²) < 4.78 is 6.73. The third-order valence-corrected chi connectivity index (χ3v) is 9.78. The summed E-state index contributed by atoms with van der Waals surface area (Å²) in [7, 11) is -2.47. The van der Waals surface area contributed by atoms with Gasteiger partial charge in [-0.2, -0.15) is 12.6 Å². The smallest absolute Gasteiger partial charge is 0.261 e. The van der Waals surface area contributed by atoms with Crippen molar-refractivity contribution in [3.05, 3.63) is 60.7 Å². The Labute approximate surface area is 152 Å². The van der Waals surface area contributed by atoms with Gasteiger partial charge < -0.3 is 9.53 Å². The van der Waals surface area contributed by atoms with Gasteiger partial charge in [0.05, 0.1) is 0 Å². The molecule has 24 heavy (non-hydrogen) atoms. The van der Waals surface area contributed by atoms with Crippen molar-refractivity contribution in [2.45, 2.75) is 37.5 Å². The zero-order valence-electron chi connectivity index (χ0n) is 14.8. The fourth-order valence-corrected chi connectivity index (χ4v) is 8.15. The summed E-state index contributed by atoms with van der Waals surface area (Å²) in [6, 6.07) is 21.2. The maximum Gasteiger partial charge on any atom is 0.261 e. The van der Waals surface area contributed by atoms with Crippen LogP contribution in [0.4, 0.5) is 0 Å². The summed E-state index contributed by atoms with van der Waals surface area (Å²) in [5.74, 6) is 0. The van der Waals surface area contributed by atoms with Gasteiger partial charge in [-0.05, 0) is 21.8 Å². The second-order valence-corrected chi connectivity index (χ2v) is 12.2. The summed E-state index contributed by atoms with van der Waals surface area (Å²) in [4.78, 5) is 0. The summed E-state index contributed by atoms with van der Waals surface area (Å²) >= 11 is 4.58. The SMILES string of the molecule is CC(C)(C)[Si](OCC(S)CCO)(c1ccccc1)c1ccccc1. The van der Waals surface area contributed by atoms with Gasteiger partial charge in [0.2, 0.25) is 0 Å². The molecule has 4 heteroatoms. The van der Waals surface area contributed by atoms with E-state index >= 15 is 0 Å². The summed E-state index contributed by atoms with van der Waals surface area (Å²) in [6.07, 6.45) is 0.640. The normalized spacial score (nSPS) is 13.7. The minimum Gasteiger partial charge on any atom is -0.406 e. The van der Waals surface area contributed by atoms with Gasteiger partial charge in [-0.3, -0.25) is 0 Å². The molecule has 0 aliphatic carbocycles. The molecule has 0 saturated carbocycles. The van der Waals surface area contributed by atoms with E-state index in [-0.39, 0.29) is 16.9 Å². The molecule has 0 heterocycles. The van der Waals surface area contributed by atoms with Gasteiger partial charge in [0, 0.05) is 18.5 Å². The molecule has 0 radical (unpaired) electrons. The van der Waals surface area contributed by atoms with Gasteiger partial charge >= 0.3 is 0 Å². The van der Waals surface area contributed by atoms with Crippen LogP contribution >= 0.6 is 12.6 Å². The predicted octanol–water partition coefficient (Wildman–Crippen LogP) is 3.24. The average molecular weight is 361 g/mol. The first-order valence-corrected chi connectivity index (χ1v) is 10.9. The molecule has 0 bridgehead atoms. The quantitative estimate of drug-likeness (QED) is 0.586. The van der Waals surface area contributed by atoms with Gasteiger partial charge in [-0.1, -0.05) is 81.4 Å². The van der Waals surface area contributed by atoms with Gasteiger partial charge in [0.15, 0.2) is 0 Å². The minimum atomic E-state index is -2.47. The Bertz CT molecular complexity index is 571. The maximum atomic E-state index is 9.17. The van der Waals surface area contributed by atoms with Crippen LogP contribution in [0.3, 0.4) is 0 Å². The molecule has 2 aromatic carbocycles. The average Bonchev–Trinajstić information content (AvgIpc) is 2.56. The Hall–Kier alpha value is -1.07. The molecule has 1 atom stereocenters. The molecule has 0 fully saturated rings. The van der Waals surface area contributed by atoms with Gasteiger partial charge in [-0.15, -0.1) is 0 Å². The topological polar surface area (TPSA) is 29.5 Å². The Balaban J connectivity index is 2.53. The molecular weight excluding hydrogens is 332 g/mol. The predicted molar refractivity (Wildman–Crippen MR) is 108 cm³/mol. The number of aliphatic hydroxyl groups excluding tert-OH is 1. The highest BCUT2D eigenvalue weighted by Gasteiger charge is 2.50. The molecule has 0 saturated heterocycles. The molecule has 0 aromatic heterocycles. The zero-order chi connectivity index (χ0) is 17.6. The van der Waals surface area contributed by atoms with Crippen LogP contribution < -0.4 is 10.4 Å². The molecule has 1 unspecified atom stereocenters. The highest BCUT2D eigenvalue weighted by atomic mass is 32.1. The lowest BCUT2D eigenvalue weighted by Crippen LogP contribution is -2.67. The first kappa shape index (κ1) is 19.3. The highest BCUT2D eigenvalue weighted by molar-refractivity contribution is 7.81. The Morgan fingerprint density at radius 1 is 0.958 bits per heavy atom. The van der Waals surface area contributed by atoms with Crippen LogP contribution in [0.5, 0.6) is 0 Å². The number of hydrogen-bond donors (Lipinski definition) is 2. The van der Waals surface area contributed by atoms with E-state index in [2.05, 4.69) is 81.9 Å². The van der Waals surface area contributed by atoms with E-state index in [0.29, 0.717) is 13.0 Å². The van der Waals surface area contributed by atoms with Crippen molar-refractivity contribution >= 4 is 31.3 Å². The molecule has 1 N–H and O–H groups in total. The van der Waals surface area contributed by atoms with Gasteiger partial charge in [0.1, 0.15) is 0 Å². The second-order valence-electron chi connectivity index (χ2n) is 7.14. The van der Waals surface area contributed by atoms with E-state index in [1.54, 1.807) is 0 Å². The highest BCUT2D eigenvalue weighted by Crippen LogP contribution is 2.37. The number of benzene rings is 2. The first-order chi connectivity index (χ1) is 11.4.